The van der Waals surface area contributed by atoms with Crippen LogP contribution in [0.4, 0.5) is 0 Å². The zero-order valence-electron chi connectivity index (χ0n) is 11.8. The van der Waals surface area contributed by atoms with Crippen LogP contribution in [0.3, 0.4) is 0 Å². The van der Waals surface area contributed by atoms with Crippen molar-refractivity contribution in [1.82, 2.24) is 0 Å². The summed E-state index contributed by atoms with van der Waals surface area (Å²) in [6.45, 7) is 4.07. The fourth-order valence-electron chi connectivity index (χ4n) is 1.66. The topological polar surface area (TPSA) is 61.8 Å². The molecule has 0 N–H and O–H groups in total. The Balaban J connectivity index is 2.63. The van der Waals surface area contributed by atoms with E-state index in [-0.39, 0.29) is 12.8 Å². The van der Waals surface area contributed by atoms with E-state index < -0.39 is 18.0 Å². The van der Waals surface area contributed by atoms with Crippen LogP contribution in [0.1, 0.15) is 26.7 Å². The number of carbonyl (C=O) groups is 2. The van der Waals surface area contributed by atoms with Gasteiger partial charge in [0.1, 0.15) is 11.9 Å². The fourth-order valence-corrected chi connectivity index (χ4v) is 1.66. The van der Waals surface area contributed by atoms with Crippen LogP contribution in [0.5, 0.6) is 5.75 Å². The molecule has 0 spiro atoms. The largest absolute Gasteiger partial charge is 0.489 e. The van der Waals surface area contributed by atoms with Crippen molar-refractivity contribution in [2.75, 3.05) is 13.2 Å². The maximum absolute atomic E-state index is 11.5. The monoisotopic (exact) mass is 280 g/mol. The molecule has 1 aromatic carbocycles. The molecule has 0 aromatic heterocycles. The third kappa shape index (κ3) is 6.22. The van der Waals surface area contributed by atoms with E-state index in [1.165, 1.54) is 0 Å². The molecule has 20 heavy (non-hydrogen) atoms. The van der Waals surface area contributed by atoms with Gasteiger partial charge in [-0.2, -0.15) is 0 Å². The van der Waals surface area contributed by atoms with Gasteiger partial charge in [-0.1, -0.05) is 18.2 Å². The Morgan fingerprint density at radius 2 is 1.45 bits per heavy atom. The molecule has 0 unspecified atom stereocenters. The van der Waals surface area contributed by atoms with Gasteiger partial charge >= 0.3 is 11.9 Å². The van der Waals surface area contributed by atoms with Crippen molar-refractivity contribution in [1.29, 1.82) is 0 Å². The fraction of sp³-hybridized carbons (Fsp3) is 0.467. The van der Waals surface area contributed by atoms with Crippen LogP contribution >= 0.6 is 0 Å². The third-order valence-electron chi connectivity index (χ3n) is 2.45. The van der Waals surface area contributed by atoms with E-state index >= 15 is 0 Å². The third-order valence-corrected chi connectivity index (χ3v) is 2.45. The molecular formula is C15H20O5. The number of hydrogen-bond acceptors (Lipinski definition) is 5. The number of rotatable bonds is 8. The van der Waals surface area contributed by atoms with Crippen LogP contribution in [-0.2, 0) is 19.1 Å². The summed E-state index contributed by atoms with van der Waals surface area (Å²) in [4.78, 5) is 23.1. The predicted octanol–water partition coefficient (Wildman–Crippen LogP) is 2.34. The Bertz CT molecular complexity index is 396. The number of ether oxygens (including phenoxy) is 3. The highest BCUT2D eigenvalue weighted by atomic mass is 16.5. The second-order valence-corrected chi connectivity index (χ2v) is 4.07. The summed E-state index contributed by atoms with van der Waals surface area (Å²) in [5, 5.41) is 0. The normalized spacial score (nSPS) is 10.2. The highest BCUT2D eigenvalue weighted by Crippen LogP contribution is 2.15. The van der Waals surface area contributed by atoms with E-state index in [9.17, 15) is 9.59 Å². The lowest BCUT2D eigenvalue weighted by Gasteiger charge is -2.17. The minimum atomic E-state index is -0.588. The first-order valence-corrected chi connectivity index (χ1v) is 6.68. The molecule has 0 radical (unpaired) electrons. The van der Waals surface area contributed by atoms with Crippen LogP contribution in [0.2, 0.25) is 0 Å². The van der Waals surface area contributed by atoms with Crippen molar-refractivity contribution >= 4 is 11.9 Å². The van der Waals surface area contributed by atoms with Gasteiger partial charge < -0.3 is 14.2 Å². The first-order valence-electron chi connectivity index (χ1n) is 6.68. The van der Waals surface area contributed by atoms with Gasteiger partial charge in [0.05, 0.1) is 26.1 Å². The molecule has 0 aliphatic carbocycles. The maximum atomic E-state index is 11.5. The Morgan fingerprint density at radius 1 is 0.950 bits per heavy atom. The van der Waals surface area contributed by atoms with Gasteiger partial charge in [-0.3, -0.25) is 9.59 Å². The average molecular weight is 280 g/mol. The summed E-state index contributed by atoms with van der Waals surface area (Å²) < 4.78 is 15.4. The Morgan fingerprint density at radius 3 is 1.90 bits per heavy atom. The smallest absolute Gasteiger partial charge is 0.309 e. The lowest BCUT2D eigenvalue weighted by Crippen LogP contribution is -2.26. The second-order valence-electron chi connectivity index (χ2n) is 4.07. The molecule has 1 aromatic rings. The van der Waals surface area contributed by atoms with E-state index in [0.717, 1.165) is 0 Å². The highest BCUT2D eigenvalue weighted by Gasteiger charge is 2.21. The number of para-hydroxylation sites is 1. The van der Waals surface area contributed by atoms with Crippen molar-refractivity contribution < 1.29 is 23.8 Å². The molecule has 0 bridgehead atoms. The van der Waals surface area contributed by atoms with Crippen LogP contribution < -0.4 is 4.74 Å². The van der Waals surface area contributed by atoms with Gasteiger partial charge in [0.25, 0.3) is 0 Å². The Labute approximate surface area is 118 Å². The standard InChI is InChI=1S/C15H20O5/c1-3-18-14(16)10-13(11-15(17)19-4-2)20-12-8-6-5-7-9-12/h5-9,13H,3-4,10-11H2,1-2H3. The lowest BCUT2D eigenvalue weighted by atomic mass is 10.2. The van der Waals surface area contributed by atoms with Gasteiger partial charge in [0, 0.05) is 0 Å². The number of carbonyl (C=O) groups excluding carboxylic acids is 2. The summed E-state index contributed by atoms with van der Waals surface area (Å²) in [6.07, 6.45) is -0.557. The van der Waals surface area contributed by atoms with E-state index in [1.54, 1.807) is 26.0 Å². The van der Waals surface area contributed by atoms with E-state index in [1.807, 2.05) is 18.2 Å². The van der Waals surface area contributed by atoms with Crippen molar-refractivity contribution in [3.8, 4) is 5.75 Å². The molecule has 5 heteroatoms. The van der Waals surface area contributed by atoms with Gasteiger partial charge in [-0.25, -0.2) is 0 Å². The molecule has 1 rings (SSSR count). The quantitative estimate of drug-likeness (QED) is 0.684. The minimum Gasteiger partial charge on any atom is -0.489 e. The van der Waals surface area contributed by atoms with Crippen LogP contribution in [0.25, 0.3) is 0 Å². The molecule has 0 aliphatic rings. The predicted molar refractivity (Wildman–Crippen MR) is 73.4 cm³/mol. The molecule has 0 aliphatic heterocycles. The van der Waals surface area contributed by atoms with E-state index in [0.29, 0.717) is 19.0 Å². The van der Waals surface area contributed by atoms with E-state index in [4.69, 9.17) is 14.2 Å². The summed E-state index contributed by atoms with van der Waals surface area (Å²) in [7, 11) is 0. The average Bonchev–Trinajstić information content (AvgIpc) is 2.40. The number of hydrogen-bond donors (Lipinski definition) is 0. The highest BCUT2D eigenvalue weighted by molar-refractivity contribution is 5.73. The zero-order chi connectivity index (χ0) is 14.8. The van der Waals surface area contributed by atoms with Crippen LogP contribution in [0.15, 0.2) is 30.3 Å². The summed E-state index contributed by atoms with van der Waals surface area (Å²) in [5.41, 5.74) is 0. The second kappa shape index (κ2) is 8.96. The Hall–Kier alpha value is -2.04. The molecule has 5 nitrogen and oxygen atoms in total. The molecule has 0 saturated carbocycles. The summed E-state index contributed by atoms with van der Waals surface area (Å²) in [6, 6.07) is 9.04. The van der Waals surface area contributed by atoms with Gasteiger partial charge in [0.2, 0.25) is 0 Å². The number of benzene rings is 1. The molecule has 0 heterocycles. The van der Waals surface area contributed by atoms with Gasteiger partial charge in [0.15, 0.2) is 0 Å². The number of esters is 2. The SMILES string of the molecule is CCOC(=O)CC(CC(=O)OCC)Oc1ccccc1. The van der Waals surface area contributed by atoms with Crippen LogP contribution in [0, 0.1) is 0 Å². The summed E-state index contributed by atoms with van der Waals surface area (Å²) >= 11 is 0. The van der Waals surface area contributed by atoms with Crippen molar-refractivity contribution in [2.24, 2.45) is 0 Å². The van der Waals surface area contributed by atoms with Gasteiger partial charge in [-0.15, -0.1) is 0 Å². The molecule has 0 amide bonds. The summed E-state index contributed by atoms with van der Waals surface area (Å²) in [5.74, 6) is -0.179. The first-order chi connectivity index (χ1) is 9.65. The molecule has 0 saturated heterocycles. The molecule has 110 valence electrons. The van der Waals surface area contributed by atoms with Crippen molar-refractivity contribution in [2.45, 2.75) is 32.8 Å². The minimum absolute atomic E-state index is 0.0154. The van der Waals surface area contributed by atoms with Crippen molar-refractivity contribution in [3.63, 3.8) is 0 Å². The molecular weight excluding hydrogens is 260 g/mol. The first kappa shape index (κ1) is 16.0. The lowest BCUT2D eigenvalue weighted by molar-refractivity contribution is -0.148. The van der Waals surface area contributed by atoms with Gasteiger partial charge in [-0.05, 0) is 26.0 Å². The maximum Gasteiger partial charge on any atom is 0.309 e. The van der Waals surface area contributed by atoms with E-state index in [2.05, 4.69) is 0 Å². The van der Waals surface area contributed by atoms with Crippen molar-refractivity contribution in [3.05, 3.63) is 30.3 Å². The molecule has 0 atom stereocenters. The van der Waals surface area contributed by atoms with Crippen LogP contribution in [-0.4, -0.2) is 31.3 Å². The zero-order valence-corrected chi connectivity index (χ0v) is 11.8. The molecule has 0 fully saturated rings. The Kier molecular flexibility index (Phi) is 7.17.